The molecule has 1 aromatic carbocycles. The summed E-state index contributed by atoms with van der Waals surface area (Å²) in [7, 11) is 2.26. The molecule has 0 spiro atoms. The molecule has 2 fully saturated rings. The first kappa shape index (κ1) is 17.8. The van der Waals surface area contributed by atoms with E-state index in [-0.39, 0.29) is 0 Å². The molecule has 2 saturated heterocycles. The van der Waals surface area contributed by atoms with E-state index in [1.54, 1.807) is 12.3 Å². The number of rotatable bonds is 4. The van der Waals surface area contributed by atoms with Crippen LogP contribution in [0.3, 0.4) is 0 Å². The summed E-state index contributed by atoms with van der Waals surface area (Å²) in [5, 5.41) is 1.38. The van der Waals surface area contributed by atoms with Crippen LogP contribution in [0.15, 0.2) is 41.6 Å². The van der Waals surface area contributed by atoms with Crippen molar-refractivity contribution in [3.63, 3.8) is 0 Å². The van der Waals surface area contributed by atoms with Crippen LogP contribution in [0.1, 0.15) is 36.0 Å². The Morgan fingerprint density at radius 1 is 1.19 bits per heavy atom. The number of pyridine rings is 1. The zero-order valence-electron chi connectivity index (χ0n) is 14.7. The molecule has 1 unspecified atom stereocenters. The SMILES string of the molecule is CN1[C@@H]2CC[C@H]1CC(Sc1ccc(-c3cncc(C(N)=O)c3)cc1Cl)C2. The van der Waals surface area contributed by atoms with Crippen LogP contribution in [0.4, 0.5) is 0 Å². The lowest BCUT2D eigenvalue weighted by Gasteiger charge is -2.36. The van der Waals surface area contributed by atoms with Gasteiger partial charge in [0.05, 0.1) is 10.6 Å². The lowest BCUT2D eigenvalue weighted by Crippen LogP contribution is -2.40. The number of amides is 1. The summed E-state index contributed by atoms with van der Waals surface area (Å²) in [5.74, 6) is -0.477. The van der Waals surface area contributed by atoms with E-state index in [2.05, 4.69) is 23.0 Å². The first-order valence-corrected chi connectivity index (χ1v) is 10.2. The highest BCUT2D eigenvalue weighted by Crippen LogP contribution is 2.43. The molecular formula is C20H22ClN3OS. The van der Waals surface area contributed by atoms with Crippen molar-refractivity contribution < 1.29 is 4.79 Å². The van der Waals surface area contributed by atoms with Gasteiger partial charge < -0.3 is 10.6 Å². The van der Waals surface area contributed by atoms with Gasteiger partial charge in [-0.3, -0.25) is 9.78 Å². The second kappa shape index (κ2) is 7.22. The van der Waals surface area contributed by atoms with E-state index in [0.29, 0.717) is 10.8 Å². The van der Waals surface area contributed by atoms with Gasteiger partial charge in [-0.1, -0.05) is 17.7 Å². The predicted octanol–water partition coefficient (Wildman–Crippen LogP) is 4.22. The second-order valence-electron chi connectivity index (χ2n) is 7.23. The van der Waals surface area contributed by atoms with E-state index in [1.165, 1.54) is 31.9 Å². The lowest BCUT2D eigenvalue weighted by molar-refractivity contribution is 0.1000. The Bertz CT molecular complexity index is 830. The molecule has 4 rings (SSSR count). The van der Waals surface area contributed by atoms with Crippen molar-refractivity contribution in [2.45, 2.75) is 47.9 Å². The highest BCUT2D eigenvalue weighted by atomic mass is 35.5. The lowest BCUT2D eigenvalue weighted by atomic mass is 10.0. The number of benzene rings is 1. The predicted molar refractivity (Wildman–Crippen MR) is 107 cm³/mol. The van der Waals surface area contributed by atoms with E-state index in [0.717, 1.165) is 33.1 Å². The molecule has 3 heterocycles. The Hall–Kier alpha value is -1.56. The molecule has 2 N–H and O–H groups in total. The number of hydrogen-bond acceptors (Lipinski definition) is 4. The van der Waals surface area contributed by atoms with Crippen molar-refractivity contribution >= 4 is 29.3 Å². The Labute approximate surface area is 163 Å². The van der Waals surface area contributed by atoms with Crippen molar-refractivity contribution in [3.8, 4) is 11.1 Å². The Morgan fingerprint density at radius 2 is 1.92 bits per heavy atom. The third kappa shape index (κ3) is 3.48. The Balaban J connectivity index is 1.52. The summed E-state index contributed by atoms with van der Waals surface area (Å²) in [4.78, 5) is 19.1. The average Bonchev–Trinajstić information content (AvgIpc) is 2.84. The molecule has 0 saturated carbocycles. The Morgan fingerprint density at radius 3 is 2.58 bits per heavy atom. The maximum absolute atomic E-state index is 11.4. The van der Waals surface area contributed by atoms with Crippen molar-refractivity contribution in [2.75, 3.05) is 7.05 Å². The van der Waals surface area contributed by atoms with E-state index >= 15 is 0 Å². The minimum Gasteiger partial charge on any atom is -0.366 e. The third-order valence-electron chi connectivity index (χ3n) is 5.64. The zero-order valence-corrected chi connectivity index (χ0v) is 16.3. The standard InChI is InChI=1S/C20H22ClN3OS/c1-24-15-3-4-16(24)9-17(8-15)26-19-5-2-12(7-18(19)21)13-6-14(20(22)25)11-23-10-13/h2,5-7,10-11,15-17H,3-4,8-9H2,1H3,(H2,22,25)/t15-,16+,17?. The van der Waals surface area contributed by atoms with Crippen LogP contribution in [0, 0.1) is 0 Å². The van der Waals surface area contributed by atoms with E-state index in [1.807, 2.05) is 23.9 Å². The minimum atomic E-state index is -0.477. The molecule has 2 bridgehead atoms. The number of aromatic nitrogens is 1. The van der Waals surface area contributed by atoms with Gasteiger partial charge in [-0.2, -0.15) is 0 Å². The van der Waals surface area contributed by atoms with Crippen LogP contribution in [-0.4, -0.2) is 40.2 Å². The number of piperidine rings is 1. The first-order valence-electron chi connectivity index (χ1n) is 8.94. The van der Waals surface area contributed by atoms with Gasteiger partial charge in [-0.25, -0.2) is 0 Å². The molecule has 0 aliphatic carbocycles. The Kier molecular flexibility index (Phi) is 4.95. The van der Waals surface area contributed by atoms with Gasteiger partial charge in [0, 0.05) is 40.2 Å². The van der Waals surface area contributed by atoms with E-state index < -0.39 is 5.91 Å². The average molecular weight is 388 g/mol. The van der Waals surface area contributed by atoms with Gasteiger partial charge in [-0.05, 0) is 56.5 Å². The quantitative estimate of drug-likeness (QED) is 0.853. The van der Waals surface area contributed by atoms with Crippen molar-refractivity contribution in [3.05, 3.63) is 47.2 Å². The summed E-state index contributed by atoms with van der Waals surface area (Å²) in [6.07, 6.45) is 8.33. The minimum absolute atomic E-state index is 0.402. The van der Waals surface area contributed by atoms with Crippen LogP contribution >= 0.6 is 23.4 Å². The topological polar surface area (TPSA) is 59.2 Å². The molecule has 0 radical (unpaired) electrons. The van der Waals surface area contributed by atoms with E-state index in [4.69, 9.17) is 17.3 Å². The van der Waals surface area contributed by atoms with Gasteiger partial charge in [0.15, 0.2) is 0 Å². The number of carbonyl (C=O) groups is 1. The van der Waals surface area contributed by atoms with Crippen molar-refractivity contribution in [1.82, 2.24) is 9.88 Å². The zero-order chi connectivity index (χ0) is 18.3. The summed E-state index contributed by atoms with van der Waals surface area (Å²) in [5.41, 5.74) is 7.53. The molecule has 136 valence electrons. The molecule has 2 aliphatic rings. The highest BCUT2D eigenvalue weighted by molar-refractivity contribution is 8.00. The van der Waals surface area contributed by atoms with Crippen LogP contribution < -0.4 is 5.73 Å². The molecule has 1 amide bonds. The van der Waals surface area contributed by atoms with Gasteiger partial charge in [-0.15, -0.1) is 11.8 Å². The van der Waals surface area contributed by atoms with Crippen LogP contribution in [0.2, 0.25) is 5.02 Å². The molecule has 2 aliphatic heterocycles. The maximum atomic E-state index is 11.4. The molecule has 3 atom stereocenters. The summed E-state index contributed by atoms with van der Waals surface area (Å²) in [6, 6.07) is 9.29. The summed E-state index contributed by atoms with van der Waals surface area (Å²) in [6.45, 7) is 0. The van der Waals surface area contributed by atoms with Gasteiger partial charge in [0.1, 0.15) is 0 Å². The number of carbonyl (C=O) groups excluding carboxylic acids is 1. The molecular weight excluding hydrogens is 366 g/mol. The number of hydrogen-bond donors (Lipinski definition) is 1. The van der Waals surface area contributed by atoms with Gasteiger partial charge in [0.25, 0.3) is 0 Å². The maximum Gasteiger partial charge on any atom is 0.250 e. The number of nitrogens with two attached hydrogens (primary N) is 1. The van der Waals surface area contributed by atoms with Crippen molar-refractivity contribution in [2.24, 2.45) is 5.73 Å². The summed E-state index contributed by atoms with van der Waals surface area (Å²) < 4.78 is 0. The fraction of sp³-hybridized carbons (Fsp3) is 0.400. The fourth-order valence-corrected chi connectivity index (χ4v) is 5.77. The molecule has 4 nitrogen and oxygen atoms in total. The summed E-state index contributed by atoms with van der Waals surface area (Å²) >= 11 is 8.48. The second-order valence-corrected chi connectivity index (χ2v) is 8.98. The number of nitrogens with zero attached hydrogens (tertiary/aromatic N) is 2. The molecule has 2 aromatic rings. The molecule has 6 heteroatoms. The smallest absolute Gasteiger partial charge is 0.250 e. The highest BCUT2D eigenvalue weighted by Gasteiger charge is 2.38. The van der Waals surface area contributed by atoms with E-state index in [9.17, 15) is 4.79 Å². The molecule has 26 heavy (non-hydrogen) atoms. The largest absolute Gasteiger partial charge is 0.366 e. The number of halogens is 1. The number of thioether (sulfide) groups is 1. The molecule has 1 aromatic heterocycles. The van der Waals surface area contributed by atoms with Gasteiger partial charge in [0.2, 0.25) is 5.91 Å². The van der Waals surface area contributed by atoms with Crippen molar-refractivity contribution in [1.29, 1.82) is 0 Å². The van der Waals surface area contributed by atoms with Crippen LogP contribution in [0.25, 0.3) is 11.1 Å². The van der Waals surface area contributed by atoms with Gasteiger partial charge >= 0.3 is 0 Å². The monoisotopic (exact) mass is 387 g/mol. The number of fused-ring (bicyclic) bond motifs is 2. The normalized spacial score (nSPS) is 25.4. The fourth-order valence-electron chi connectivity index (χ4n) is 4.15. The third-order valence-corrected chi connectivity index (χ3v) is 7.39. The number of primary amides is 1. The van der Waals surface area contributed by atoms with Crippen LogP contribution in [0.5, 0.6) is 0 Å². The van der Waals surface area contributed by atoms with Crippen LogP contribution in [-0.2, 0) is 0 Å². The first-order chi connectivity index (χ1) is 12.5.